The Hall–Kier alpha value is -3.61. The number of ether oxygens (including phenoxy) is 1. The van der Waals surface area contributed by atoms with Crippen molar-refractivity contribution in [2.24, 2.45) is 0 Å². The fourth-order valence-corrected chi connectivity index (χ4v) is 3.44. The summed E-state index contributed by atoms with van der Waals surface area (Å²) in [6.45, 7) is 1.99. The highest BCUT2D eigenvalue weighted by Crippen LogP contribution is 2.41. The molecule has 0 atom stereocenters. The number of esters is 1. The number of fused-ring (bicyclic) bond motifs is 1. The van der Waals surface area contributed by atoms with Crippen LogP contribution in [0.15, 0.2) is 34.7 Å². The number of nitro groups is 2. The molecule has 29 heavy (non-hydrogen) atoms. The van der Waals surface area contributed by atoms with Gasteiger partial charge in [0.2, 0.25) is 0 Å². The molecule has 0 amide bonds. The topological polar surface area (TPSA) is 167 Å². The van der Waals surface area contributed by atoms with Crippen molar-refractivity contribution >= 4 is 40.3 Å². The first-order chi connectivity index (χ1) is 13.9. The molecule has 3 rings (SSSR count). The molecule has 3 aromatic rings. The second-order valence-corrected chi connectivity index (χ2v) is 6.73. The third kappa shape index (κ3) is 4.29. The lowest BCUT2D eigenvalue weighted by atomic mass is 10.1. The molecule has 0 saturated carbocycles. The van der Waals surface area contributed by atoms with Crippen LogP contribution in [-0.2, 0) is 4.74 Å². The maximum atomic E-state index is 12.6. The molecule has 0 aliphatic carbocycles. The van der Waals surface area contributed by atoms with E-state index in [1.165, 1.54) is 12.7 Å². The molecule has 0 bridgehead atoms. The highest BCUT2D eigenvalue weighted by atomic mass is 32.2. The van der Waals surface area contributed by atoms with Crippen molar-refractivity contribution in [1.82, 2.24) is 19.9 Å². The Labute approximate surface area is 167 Å². The Morgan fingerprint density at radius 2 is 2.00 bits per heavy atom. The van der Waals surface area contributed by atoms with E-state index in [1.807, 2.05) is 6.92 Å². The van der Waals surface area contributed by atoms with Crippen LogP contribution in [0.4, 0.5) is 11.4 Å². The number of nitrogens with zero attached hydrogens (tertiary/aromatic N) is 5. The molecule has 2 aromatic heterocycles. The van der Waals surface area contributed by atoms with Crippen LogP contribution in [0.5, 0.6) is 0 Å². The summed E-state index contributed by atoms with van der Waals surface area (Å²) in [6.07, 6.45) is 3.96. The van der Waals surface area contributed by atoms with E-state index >= 15 is 0 Å². The lowest BCUT2D eigenvalue weighted by Gasteiger charge is -2.10. The number of nitro benzene ring substituents is 2. The normalized spacial score (nSPS) is 10.8. The SMILES string of the molecule is CCCCOC(=O)c1cc([N+](=O)[O-])cc([N+](=O)[O-])c1Sc1ncnc2nc[nH]c12. The highest BCUT2D eigenvalue weighted by Gasteiger charge is 2.30. The summed E-state index contributed by atoms with van der Waals surface area (Å²) < 4.78 is 5.14. The first-order valence-corrected chi connectivity index (χ1v) is 9.20. The summed E-state index contributed by atoms with van der Waals surface area (Å²) in [4.78, 5) is 48.5. The smallest absolute Gasteiger partial charge is 0.339 e. The zero-order chi connectivity index (χ0) is 21.0. The van der Waals surface area contributed by atoms with Crippen LogP contribution in [0.3, 0.4) is 0 Å². The van der Waals surface area contributed by atoms with E-state index in [0.29, 0.717) is 17.6 Å². The Balaban J connectivity index is 2.14. The van der Waals surface area contributed by atoms with Gasteiger partial charge in [-0.05, 0) is 6.42 Å². The summed E-state index contributed by atoms with van der Waals surface area (Å²) in [7, 11) is 0. The monoisotopic (exact) mass is 418 g/mol. The van der Waals surface area contributed by atoms with Crippen LogP contribution in [0.25, 0.3) is 11.2 Å². The Kier molecular flexibility index (Phi) is 5.97. The zero-order valence-electron chi connectivity index (χ0n) is 15.0. The van der Waals surface area contributed by atoms with E-state index < -0.39 is 27.2 Å². The van der Waals surface area contributed by atoms with E-state index in [0.717, 1.165) is 30.3 Å². The fraction of sp³-hybridized carbons (Fsp3) is 0.250. The van der Waals surface area contributed by atoms with Crippen molar-refractivity contribution in [3.63, 3.8) is 0 Å². The Morgan fingerprint density at radius 1 is 1.21 bits per heavy atom. The first-order valence-electron chi connectivity index (χ1n) is 8.38. The van der Waals surface area contributed by atoms with Gasteiger partial charge in [0, 0.05) is 6.07 Å². The predicted molar refractivity (Wildman–Crippen MR) is 101 cm³/mol. The molecule has 0 aliphatic rings. The van der Waals surface area contributed by atoms with Crippen LogP contribution in [-0.4, -0.2) is 42.4 Å². The van der Waals surface area contributed by atoms with Crippen molar-refractivity contribution < 1.29 is 19.4 Å². The van der Waals surface area contributed by atoms with Gasteiger partial charge in [0.05, 0.1) is 34.4 Å². The number of non-ortho nitro benzene ring substituents is 1. The van der Waals surface area contributed by atoms with Gasteiger partial charge in [-0.2, -0.15) is 0 Å². The van der Waals surface area contributed by atoms with Crippen LogP contribution < -0.4 is 0 Å². The molecule has 12 nitrogen and oxygen atoms in total. The summed E-state index contributed by atoms with van der Waals surface area (Å²) in [6, 6.07) is 1.77. The fourth-order valence-electron chi connectivity index (χ4n) is 2.40. The van der Waals surface area contributed by atoms with Gasteiger partial charge in [0.1, 0.15) is 21.8 Å². The molecule has 0 spiro atoms. The van der Waals surface area contributed by atoms with Gasteiger partial charge >= 0.3 is 5.97 Å². The van der Waals surface area contributed by atoms with E-state index in [9.17, 15) is 25.0 Å². The highest BCUT2D eigenvalue weighted by molar-refractivity contribution is 7.99. The number of H-pyrrole nitrogens is 1. The minimum Gasteiger partial charge on any atom is -0.462 e. The molecule has 13 heteroatoms. The molecule has 0 radical (unpaired) electrons. The van der Waals surface area contributed by atoms with Gasteiger partial charge in [-0.3, -0.25) is 20.2 Å². The summed E-state index contributed by atoms with van der Waals surface area (Å²) in [5, 5.41) is 23.1. The van der Waals surface area contributed by atoms with E-state index in [2.05, 4.69) is 19.9 Å². The zero-order valence-corrected chi connectivity index (χ0v) is 15.8. The third-order valence-electron chi connectivity index (χ3n) is 3.80. The van der Waals surface area contributed by atoms with Gasteiger partial charge < -0.3 is 9.72 Å². The molecule has 0 unspecified atom stereocenters. The van der Waals surface area contributed by atoms with Crippen LogP contribution in [0.2, 0.25) is 0 Å². The van der Waals surface area contributed by atoms with Crippen molar-refractivity contribution in [3.8, 4) is 0 Å². The quantitative estimate of drug-likeness (QED) is 0.188. The molecule has 1 aromatic carbocycles. The molecule has 0 aliphatic heterocycles. The van der Waals surface area contributed by atoms with E-state index in [1.54, 1.807) is 0 Å². The standard InChI is InChI=1S/C16H14N6O6S/c1-2-3-4-28-16(23)10-5-9(21(24)25)6-11(22(26)27)13(10)29-15-12-14(18-7-17-12)19-8-20-15/h5-8H,2-4H2,1H3,(H,17,18,19,20). The van der Waals surface area contributed by atoms with Crippen molar-refractivity contribution in [1.29, 1.82) is 0 Å². The molecule has 2 heterocycles. The maximum Gasteiger partial charge on any atom is 0.339 e. The van der Waals surface area contributed by atoms with Crippen LogP contribution >= 0.6 is 11.8 Å². The first kappa shape index (κ1) is 20.1. The number of carbonyl (C=O) groups excluding carboxylic acids is 1. The molecule has 1 N–H and O–H groups in total. The lowest BCUT2D eigenvalue weighted by molar-refractivity contribution is -0.396. The Bertz CT molecular complexity index is 1100. The number of benzene rings is 1. The minimum atomic E-state index is -0.886. The largest absolute Gasteiger partial charge is 0.462 e. The number of aromatic nitrogens is 4. The molecular formula is C16H14N6O6S. The van der Waals surface area contributed by atoms with Crippen LogP contribution in [0, 0.1) is 20.2 Å². The molecule has 0 fully saturated rings. The van der Waals surface area contributed by atoms with Gasteiger partial charge in [0.15, 0.2) is 5.65 Å². The number of aromatic amines is 1. The minimum absolute atomic E-state index is 0.0915. The van der Waals surface area contributed by atoms with Crippen molar-refractivity contribution in [3.05, 3.63) is 50.6 Å². The van der Waals surface area contributed by atoms with E-state index in [4.69, 9.17) is 4.74 Å². The van der Waals surface area contributed by atoms with Gasteiger partial charge in [0.25, 0.3) is 11.4 Å². The number of imidazole rings is 1. The molecule has 150 valence electrons. The number of hydrogen-bond donors (Lipinski definition) is 1. The predicted octanol–water partition coefficient (Wildman–Crippen LogP) is 3.28. The second-order valence-electron chi connectivity index (χ2n) is 5.73. The third-order valence-corrected chi connectivity index (χ3v) is 4.94. The van der Waals surface area contributed by atoms with Gasteiger partial charge in [-0.25, -0.2) is 19.7 Å². The maximum absolute atomic E-state index is 12.6. The summed E-state index contributed by atoms with van der Waals surface area (Å²) in [5.74, 6) is -0.886. The van der Waals surface area contributed by atoms with E-state index in [-0.39, 0.29) is 22.1 Å². The summed E-state index contributed by atoms with van der Waals surface area (Å²) in [5.41, 5.74) is -0.719. The number of nitrogens with one attached hydrogen (secondary N) is 1. The average molecular weight is 418 g/mol. The van der Waals surface area contributed by atoms with Gasteiger partial charge in [-0.1, -0.05) is 25.1 Å². The number of carbonyl (C=O) groups is 1. The number of unbranched alkanes of at least 4 members (excludes halogenated alkanes) is 1. The number of rotatable bonds is 8. The number of hydrogen-bond acceptors (Lipinski definition) is 10. The average Bonchev–Trinajstić information content (AvgIpc) is 3.17. The lowest BCUT2D eigenvalue weighted by Crippen LogP contribution is -2.10. The summed E-state index contributed by atoms with van der Waals surface area (Å²) >= 11 is 0.804. The Morgan fingerprint density at radius 3 is 2.69 bits per heavy atom. The molecule has 0 saturated heterocycles. The molecular weight excluding hydrogens is 404 g/mol. The second kappa shape index (κ2) is 8.60. The van der Waals surface area contributed by atoms with Crippen molar-refractivity contribution in [2.75, 3.05) is 6.61 Å². The van der Waals surface area contributed by atoms with Crippen LogP contribution in [0.1, 0.15) is 30.1 Å². The van der Waals surface area contributed by atoms with Crippen molar-refractivity contribution in [2.45, 2.75) is 29.7 Å². The van der Waals surface area contributed by atoms with Gasteiger partial charge in [-0.15, -0.1) is 0 Å².